The van der Waals surface area contributed by atoms with E-state index in [1.165, 1.54) is 0 Å². The summed E-state index contributed by atoms with van der Waals surface area (Å²) in [6, 6.07) is 0. The Labute approximate surface area is 92.9 Å². The van der Waals surface area contributed by atoms with E-state index in [4.69, 9.17) is 0 Å². The minimum absolute atomic E-state index is 0.0190. The van der Waals surface area contributed by atoms with E-state index in [-0.39, 0.29) is 11.5 Å². The molecule has 0 aromatic carbocycles. The van der Waals surface area contributed by atoms with E-state index in [0.717, 1.165) is 12.8 Å². The number of rotatable bonds is 8. The van der Waals surface area contributed by atoms with Gasteiger partial charge in [-0.05, 0) is 12.8 Å². The van der Waals surface area contributed by atoms with E-state index in [0.29, 0.717) is 12.8 Å². The summed E-state index contributed by atoms with van der Waals surface area (Å²) in [5.74, 6) is -0.0380. The van der Waals surface area contributed by atoms with Crippen molar-refractivity contribution >= 4 is 19.7 Å². The number of hydrogen-bond acceptors (Lipinski definition) is 4. The van der Waals surface area contributed by atoms with Crippen LogP contribution in [0.2, 0.25) is 0 Å². The van der Waals surface area contributed by atoms with Crippen LogP contribution in [0.4, 0.5) is 0 Å². The summed E-state index contributed by atoms with van der Waals surface area (Å²) in [6.07, 6.45) is 2.58. The first-order valence-electron chi connectivity index (χ1n) is 5.24. The van der Waals surface area contributed by atoms with Gasteiger partial charge >= 0.3 is 0 Å². The molecule has 0 aliphatic rings. The van der Waals surface area contributed by atoms with Crippen molar-refractivity contribution in [3.05, 3.63) is 0 Å². The molecule has 0 saturated heterocycles. The summed E-state index contributed by atoms with van der Waals surface area (Å²) in [6.45, 7) is 3.75. The summed E-state index contributed by atoms with van der Waals surface area (Å²) in [7, 11) is -6.84. The monoisotopic (exact) mass is 256 g/mol. The number of unbranched alkanes of at least 4 members (excludes halogenated alkanes) is 2. The molecule has 0 heterocycles. The Balaban J connectivity index is 4.32. The van der Waals surface area contributed by atoms with E-state index in [9.17, 15) is 16.8 Å². The summed E-state index contributed by atoms with van der Waals surface area (Å²) < 4.78 is 45.6. The van der Waals surface area contributed by atoms with Crippen molar-refractivity contribution in [2.75, 3.05) is 16.6 Å². The summed E-state index contributed by atoms with van der Waals surface area (Å²) >= 11 is 0. The van der Waals surface area contributed by atoms with E-state index in [1.807, 2.05) is 13.8 Å². The molecule has 0 aromatic heterocycles. The molecule has 15 heavy (non-hydrogen) atoms. The van der Waals surface area contributed by atoms with Gasteiger partial charge in [0.15, 0.2) is 24.8 Å². The first-order chi connectivity index (χ1) is 6.83. The molecule has 4 nitrogen and oxygen atoms in total. The zero-order chi connectivity index (χ0) is 11.9. The van der Waals surface area contributed by atoms with Crippen LogP contribution in [0.15, 0.2) is 0 Å². The van der Waals surface area contributed by atoms with Crippen LogP contribution in [0.3, 0.4) is 0 Å². The van der Waals surface area contributed by atoms with Crippen LogP contribution in [0.5, 0.6) is 0 Å². The van der Waals surface area contributed by atoms with Crippen LogP contribution in [0, 0.1) is 0 Å². The molecular formula is C9H20O4S2. The molecule has 0 atom stereocenters. The van der Waals surface area contributed by atoms with Gasteiger partial charge in [-0.1, -0.05) is 26.7 Å². The molecule has 0 aromatic rings. The highest BCUT2D eigenvalue weighted by Crippen LogP contribution is 2.05. The van der Waals surface area contributed by atoms with Crippen LogP contribution in [-0.2, 0) is 19.7 Å². The van der Waals surface area contributed by atoms with Crippen LogP contribution in [0.1, 0.15) is 39.5 Å². The van der Waals surface area contributed by atoms with Crippen LogP contribution in [-0.4, -0.2) is 33.4 Å². The summed E-state index contributed by atoms with van der Waals surface area (Å²) in [5.41, 5.74) is 0. The fraction of sp³-hybridized carbons (Fsp3) is 1.00. The van der Waals surface area contributed by atoms with E-state index in [1.54, 1.807) is 0 Å². The third-order valence-electron chi connectivity index (χ3n) is 1.98. The Bertz CT molecular complexity index is 318. The zero-order valence-corrected chi connectivity index (χ0v) is 11.0. The maximum Gasteiger partial charge on any atom is 0.164 e. The van der Waals surface area contributed by atoms with Gasteiger partial charge in [0, 0.05) is 0 Å². The lowest BCUT2D eigenvalue weighted by molar-refractivity contribution is 0.585. The van der Waals surface area contributed by atoms with E-state index in [2.05, 4.69) is 0 Å². The topological polar surface area (TPSA) is 68.3 Å². The molecule has 0 saturated carbocycles. The number of hydrogen-bond donors (Lipinski definition) is 0. The molecule has 0 fully saturated rings. The second-order valence-electron chi connectivity index (χ2n) is 3.72. The second kappa shape index (κ2) is 6.48. The van der Waals surface area contributed by atoms with Gasteiger partial charge in [0.25, 0.3) is 0 Å². The Morgan fingerprint density at radius 3 is 1.33 bits per heavy atom. The van der Waals surface area contributed by atoms with Crippen LogP contribution >= 0.6 is 0 Å². The predicted octanol–water partition coefficient (Wildman–Crippen LogP) is 1.37. The highest BCUT2D eigenvalue weighted by atomic mass is 32.3. The molecule has 0 spiro atoms. The van der Waals surface area contributed by atoms with E-state index < -0.39 is 24.8 Å². The Hall–Kier alpha value is -0.100. The van der Waals surface area contributed by atoms with Crippen molar-refractivity contribution in [2.24, 2.45) is 0 Å². The fourth-order valence-electron chi connectivity index (χ4n) is 1.12. The number of sulfone groups is 2. The van der Waals surface area contributed by atoms with Crippen molar-refractivity contribution in [3.8, 4) is 0 Å². The smallest absolute Gasteiger partial charge is 0.164 e. The third kappa shape index (κ3) is 7.79. The predicted molar refractivity (Wildman–Crippen MR) is 62.3 cm³/mol. The normalized spacial score (nSPS) is 12.9. The lowest BCUT2D eigenvalue weighted by Gasteiger charge is -2.04. The van der Waals surface area contributed by atoms with Crippen LogP contribution < -0.4 is 0 Å². The third-order valence-corrected chi connectivity index (χ3v) is 6.67. The maximum absolute atomic E-state index is 11.4. The van der Waals surface area contributed by atoms with Crippen molar-refractivity contribution in [3.63, 3.8) is 0 Å². The maximum atomic E-state index is 11.4. The van der Waals surface area contributed by atoms with Crippen molar-refractivity contribution in [1.82, 2.24) is 0 Å². The molecule has 0 aliphatic heterocycles. The average Bonchev–Trinajstić information content (AvgIpc) is 2.10. The highest BCUT2D eigenvalue weighted by molar-refractivity contribution is 8.08. The Morgan fingerprint density at radius 2 is 1.07 bits per heavy atom. The quantitative estimate of drug-likeness (QED) is 0.658. The lowest BCUT2D eigenvalue weighted by Crippen LogP contribution is -2.21. The molecule has 6 heteroatoms. The average molecular weight is 256 g/mol. The first-order valence-corrected chi connectivity index (χ1v) is 8.88. The second-order valence-corrected chi connectivity index (χ2v) is 8.45. The van der Waals surface area contributed by atoms with E-state index >= 15 is 0 Å². The van der Waals surface area contributed by atoms with Gasteiger partial charge in [-0.2, -0.15) is 0 Å². The molecular weight excluding hydrogens is 236 g/mol. The van der Waals surface area contributed by atoms with Crippen LogP contribution in [0.25, 0.3) is 0 Å². The molecule has 0 radical (unpaired) electrons. The minimum Gasteiger partial charge on any atom is -0.228 e. The van der Waals surface area contributed by atoms with Gasteiger partial charge in [-0.25, -0.2) is 16.8 Å². The van der Waals surface area contributed by atoms with Gasteiger partial charge in [0.2, 0.25) is 0 Å². The van der Waals surface area contributed by atoms with Crippen molar-refractivity contribution in [1.29, 1.82) is 0 Å². The summed E-state index contributed by atoms with van der Waals surface area (Å²) in [4.78, 5) is 0. The molecule has 0 aliphatic carbocycles. The van der Waals surface area contributed by atoms with Crippen molar-refractivity contribution < 1.29 is 16.8 Å². The zero-order valence-electron chi connectivity index (χ0n) is 9.40. The standard InChI is InChI=1S/C9H20O4S2/c1-3-5-7-14(10,11)9-15(12,13)8-6-4-2/h3-9H2,1-2H3. The fourth-order valence-corrected chi connectivity index (χ4v) is 5.71. The first kappa shape index (κ1) is 14.9. The van der Waals surface area contributed by atoms with Gasteiger partial charge in [0.05, 0.1) is 11.5 Å². The SMILES string of the molecule is CCCCS(=O)(=O)CS(=O)(=O)CCCC. The van der Waals surface area contributed by atoms with Gasteiger partial charge in [0.1, 0.15) is 0 Å². The molecule has 92 valence electrons. The molecule has 0 amide bonds. The van der Waals surface area contributed by atoms with Gasteiger partial charge in [-0.3, -0.25) is 0 Å². The molecule has 0 N–H and O–H groups in total. The Morgan fingerprint density at radius 1 is 0.733 bits per heavy atom. The highest BCUT2D eigenvalue weighted by Gasteiger charge is 2.20. The Kier molecular flexibility index (Phi) is 6.43. The molecule has 0 rings (SSSR count). The summed E-state index contributed by atoms with van der Waals surface area (Å²) in [5, 5.41) is -0.681. The van der Waals surface area contributed by atoms with Crippen molar-refractivity contribution in [2.45, 2.75) is 39.5 Å². The largest absolute Gasteiger partial charge is 0.228 e. The lowest BCUT2D eigenvalue weighted by atomic mass is 10.4. The minimum atomic E-state index is -3.42. The molecule has 0 unspecified atom stereocenters. The van der Waals surface area contributed by atoms with Gasteiger partial charge in [-0.15, -0.1) is 0 Å². The molecule has 0 bridgehead atoms. The van der Waals surface area contributed by atoms with Gasteiger partial charge < -0.3 is 0 Å².